The average Bonchev–Trinajstić information content (AvgIpc) is 2.20. The molecule has 0 spiro atoms. The number of aromatic nitrogens is 2. The Morgan fingerprint density at radius 1 is 1.67 bits per heavy atom. The maximum atomic E-state index is 11.1. The summed E-state index contributed by atoms with van der Waals surface area (Å²) in [6.45, 7) is 1.47. The van der Waals surface area contributed by atoms with Crippen LogP contribution in [0.4, 0.5) is 5.69 Å². The first-order chi connectivity index (χ1) is 7.04. The van der Waals surface area contributed by atoms with Gasteiger partial charge in [-0.2, -0.15) is 4.98 Å². The summed E-state index contributed by atoms with van der Waals surface area (Å²) >= 11 is 0. The van der Waals surface area contributed by atoms with Gasteiger partial charge in [-0.3, -0.25) is 19.5 Å². The molecule has 1 aromatic heterocycles. The van der Waals surface area contributed by atoms with Gasteiger partial charge in [0.15, 0.2) is 5.78 Å². The van der Waals surface area contributed by atoms with E-state index < -0.39 is 10.6 Å². The van der Waals surface area contributed by atoms with Gasteiger partial charge in [0.1, 0.15) is 6.20 Å². The smallest absolute Gasteiger partial charge is 0.298 e. The third-order valence-electron chi connectivity index (χ3n) is 1.79. The van der Waals surface area contributed by atoms with Gasteiger partial charge in [0.25, 0.3) is 0 Å². The molecule has 7 heteroatoms. The Morgan fingerprint density at radius 3 is 2.87 bits per heavy atom. The molecule has 7 nitrogen and oxygen atoms in total. The molecule has 1 rings (SSSR count). The van der Waals surface area contributed by atoms with Crippen molar-refractivity contribution >= 4 is 11.5 Å². The van der Waals surface area contributed by atoms with Crippen LogP contribution in [0.15, 0.2) is 17.2 Å². The van der Waals surface area contributed by atoms with Crippen molar-refractivity contribution in [3.63, 3.8) is 0 Å². The highest BCUT2D eigenvalue weighted by molar-refractivity contribution is 5.77. The molecule has 0 fully saturated rings. The van der Waals surface area contributed by atoms with E-state index in [0.29, 0.717) is 0 Å². The van der Waals surface area contributed by atoms with Crippen molar-refractivity contribution in [2.75, 3.05) is 0 Å². The van der Waals surface area contributed by atoms with Gasteiger partial charge in [0.2, 0.25) is 0 Å². The van der Waals surface area contributed by atoms with Gasteiger partial charge in [0.05, 0.1) is 17.7 Å². The first-order valence-corrected chi connectivity index (χ1v) is 4.27. The molecule has 0 radical (unpaired) electrons. The van der Waals surface area contributed by atoms with Crippen LogP contribution in [0.3, 0.4) is 0 Å². The lowest BCUT2D eigenvalue weighted by atomic mass is 10.3. The molecule has 0 aliphatic heterocycles. The van der Waals surface area contributed by atoms with Crippen LogP contribution in [-0.2, 0) is 11.3 Å². The summed E-state index contributed by atoms with van der Waals surface area (Å²) in [5.41, 5.74) is -0.971. The molecule has 15 heavy (non-hydrogen) atoms. The number of nitro groups is 1. The maximum Gasteiger partial charge on any atom is 0.348 e. The van der Waals surface area contributed by atoms with Crippen molar-refractivity contribution in [1.29, 1.82) is 0 Å². The Labute approximate surface area is 84.5 Å². The van der Waals surface area contributed by atoms with E-state index in [4.69, 9.17) is 0 Å². The second kappa shape index (κ2) is 4.45. The minimum absolute atomic E-state index is 0.177. The molecule has 0 saturated carbocycles. The summed E-state index contributed by atoms with van der Waals surface area (Å²) in [5.74, 6) is -0.181. The minimum atomic E-state index is -0.667. The number of hydrogen-bond acceptors (Lipinski definition) is 5. The van der Waals surface area contributed by atoms with E-state index >= 15 is 0 Å². The first-order valence-electron chi connectivity index (χ1n) is 4.27. The molecule has 1 aromatic rings. The van der Waals surface area contributed by atoms with Crippen molar-refractivity contribution in [2.24, 2.45) is 0 Å². The monoisotopic (exact) mass is 211 g/mol. The predicted molar refractivity (Wildman–Crippen MR) is 50.4 cm³/mol. The fraction of sp³-hybridized carbons (Fsp3) is 0.375. The van der Waals surface area contributed by atoms with E-state index in [1.165, 1.54) is 0 Å². The average molecular weight is 211 g/mol. The molecule has 0 aliphatic carbocycles. The Bertz CT molecular complexity index is 451. The van der Waals surface area contributed by atoms with E-state index in [1.807, 2.05) is 0 Å². The van der Waals surface area contributed by atoms with Crippen molar-refractivity contribution in [2.45, 2.75) is 19.9 Å². The number of carbonyl (C=O) groups is 1. The fourth-order valence-electron chi connectivity index (χ4n) is 0.953. The Balaban J connectivity index is 3.06. The standard InChI is InChI=1S/C8H9N3O4/c1-2-7(12)5-10-4-6(11(14)15)3-9-8(10)13/h3-4H,2,5H2,1H3. The van der Waals surface area contributed by atoms with Crippen LogP contribution in [0.25, 0.3) is 0 Å². The summed E-state index contributed by atoms with van der Waals surface area (Å²) in [4.78, 5) is 35.2. The fourth-order valence-corrected chi connectivity index (χ4v) is 0.953. The summed E-state index contributed by atoms with van der Waals surface area (Å²) in [5, 5.41) is 10.4. The molecule has 0 N–H and O–H groups in total. The molecule has 0 unspecified atom stereocenters. The van der Waals surface area contributed by atoms with Crippen LogP contribution in [0.2, 0.25) is 0 Å². The highest BCUT2D eigenvalue weighted by Crippen LogP contribution is 2.04. The number of hydrogen-bond donors (Lipinski definition) is 0. The van der Waals surface area contributed by atoms with Crippen LogP contribution in [0.1, 0.15) is 13.3 Å². The Kier molecular flexibility index (Phi) is 3.27. The molecule has 0 bridgehead atoms. The quantitative estimate of drug-likeness (QED) is 0.521. The number of Topliss-reactive ketones (excluding diaryl/α,β-unsaturated/α-hetero) is 1. The molecule has 0 aliphatic rings. The third-order valence-corrected chi connectivity index (χ3v) is 1.79. The third kappa shape index (κ3) is 2.70. The van der Waals surface area contributed by atoms with Crippen LogP contribution in [-0.4, -0.2) is 20.3 Å². The van der Waals surface area contributed by atoms with Crippen LogP contribution in [0.5, 0.6) is 0 Å². The highest BCUT2D eigenvalue weighted by atomic mass is 16.6. The van der Waals surface area contributed by atoms with Crippen LogP contribution < -0.4 is 5.69 Å². The second-order valence-corrected chi connectivity index (χ2v) is 2.87. The number of ketones is 1. The first kappa shape index (κ1) is 11.0. The zero-order valence-corrected chi connectivity index (χ0v) is 8.04. The molecule has 0 saturated heterocycles. The van der Waals surface area contributed by atoms with Crippen molar-refractivity contribution < 1.29 is 9.72 Å². The van der Waals surface area contributed by atoms with Crippen molar-refractivity contribution in [3.8, 4) is 0 Å². The lowest BCUT2D eigenvalue weighted by Crippen LogP contribution is -2.25. The van der Waals surface area contributed by atoms with Crippen molar-refractivity contribution in [3.05, 3.63) is 33.0 Å². The lowest BCUT2D eigenvalue weighted by Gasteiger charge is -2.01. The highest BCUT2D eigenvalue weighted by Gasteiger charge is 2.10. The maximum absolute atomic E-state index is 11.1. The summed E-state index contributed by atoms with van der Waals surface area (Å²) in [7, 11) is 0. The summed E-state index contributed by atoms with van der Waals surface area (Å²) < 4.78 is 0.934. The SMILES string of the molecule is CCC(=O)Cn1cc([N+](=O)[O-])cnc1=O. The molecular weight excluding hydrogens is 202 g/mol. The van der Waals surface area contributed by atoms with E-state index in [2.05, 4.69) is 4.98 Å². The molecule has 1 heterocycles. The number of nitrogens with zero attached hydrogens (tertiary/aromatic N) is 3. The van der Waals surface area contributed by atoms with E-state index in [-0.39, 0.29) is 24.4 Å². The zero-order valence-electron chi connectivity index (χ0n) is 8.04. The zero-order chi connectivity index (χ0) is 11.4. The van der Waals surface area contributed by atoms with Crippen LogP contribution >= 0.6 is 0 Å². The van der Waals surface area contributed by atoms with Gasteiger partial charge in [-0.15, -0.1) is 0 Å². The van der Waals surface area contributed by atoms with Gasteiger partial charge in [-0.05, 0) is 0 Å². The lowest BCUT2D eigenvalue weighted by molar-refractivity contribution is -0.385. The largest absolute Gasteiger partial charge is 0.348 e. The predicted octanol–water partition coefficient (Wildman–Crippen LogP) is 0.131. The molecule has 0 amide bonds. The van der Waals surface area contributed by atoms with Gasteiger partial charge in [0, 0.05) is 6.42 Å². The Morgan fingerprint density at radius 2 is 2.33 bits per heavy atom. The van der Waals surface area contributed by atoms with Crippen LogP contribution in [0, 0.1) is 10.1 Å². The molecule has 0 aromatic carbocycles. The summed E-state index contributed by atoms with van der Waals surface area (Å²) in [6.07, 6.45) is 2.16. The van der Waals surface area contributed by atoms with Gasteiger partial charge in [-0.25, -0.2) is 4.79 Å². The minimum Gasteiger partial charge on any atom is -0.298 e. The van der Waals surface area contributed by atoms with Gasteiger partial charge < -0.3 is 0 Å². The van der Waals surface area contributed by atoms with E-state index in [9.17, 15) is 19.7 Å². The number of carbonyl (C=O) groups excluding carboxylic acids is 1. The molecular formula is C8H9N3O4. The second-order valence-electron chi connectivity index (χ2n) is 2.87. The topological polar surface area (TPSA) is 95.1 Å². The molecule has 0 atom stereocenters. The summed E-state index contributed by atoms with van der Waals surface area (Å²) in [6, 6.07) is 0. The van der Waals surface area contributed by atoms with Crippen molar-refractivity contribution in [1.82, 2.24) is 9.55 Å². The van der Waals surface area contributed by atoms with E-state index in [1.54, 1.807) is 6.92 Å². The number of rotatable bonds is 4. The Hall–Kier alpha value is -2.05. The normalized spacial score (nSPS) is 9.93. The van der Waals surface area contributed by atoms with Gasteiger partial charge >= 0.3 is 11.4 Å². The van der Waals surface area contributed by atoms with Gasteiger partial charge in [-0.1, -0.05) is 6.92 Å². The molecule has 80 valence electrons. The van der Waals surface area contributed by atoms with E-state index in [0.717, 1.165) is 17.0 Å².